The number of hydrogen-bond acceptors (Lipinski definition) is 1. The number of benzene rings is 7. The van der Waals surface area contributed by atoms with Crippen LogP contribution in [-0.2, 0) is 11.8 Å². The Kier molecular flexibility index (Phi) is 5.94. The van der Waals surface area contributed by atoms with Gasteiger partial charge in [-0.2, -0.15) is 0 Å². The average Bonchev–Trinajstić information content (AvgIpc) is 3.25. The van der Waals surface area contributed by atoms with Crippen molar-refractivity contribution in [2.75, 3.05) is 4.90 Å². The van der Waals surface area contributed by atoms with E-state index in [1.54, 1.807) is 0 Å². The molecule has 0 atom stereocenters. The summed E-state index contributed by atoms with van der Waals surface area (Å²) in [6, 6.07) is 48.1. The molecule has 1 heteroatoms. The van der Waals surface area contributed by atoms with Gasteiger partial charge in [-0.3, -0.25) is 0 Å². The van der Waals surface area contributed by atoms with Crippen LogP contribution in [0.3, 0.4) is 0 Å². The molecule has 0 N–H and O–H groups in total. The van der Waals surface area contributed by atoms with Crippen LogP contribution in [0.25, 0.3) is 54.6 Å². The van der Waals surface area contributed by atoms with E-state index in [2.05, 4.69) is 158 Å². The Morgan fingerprint density at radius 1 is 0.521 bits per heavy atom. The van der Waals surface area contributed by atoms with E-state index in [0.29, 0.717) is 0 Å². The SMILES string of the molecule is CC1(C)c2ccccc2-c2c1cc(-c1c3ccccc3c(N3C4=C(C=CCC4)CCc4ccccc43)c3ccccc13)c1ccccc21. The van der Waals surface area contributed by atoms with Crippen molar-refractivity contribution < 1.29 is 0 Å². The minimum atomic E-state index is -0.0939. The zero-order chi connectivity index (χ0) is 32.0. The van der Waals surface area contributed by atoms with E-state index < -0.39 is 0 Å². The molecule has 0 saturated heterocycles. The minimum absolute atomic E-state index is 0.0939. The van der Waals surface area contributed by atoms with Crippen LogP contribution in [-0.4, -0.2) is 0 Å². The third-order valence-electron chi connectivity index (χ3n) is 11.4. The Balaban J connectivity index is 1.35. The van der Waals surface area contributed by atoms with E-state index in [0.717, 1.165) is 25.7 Å². The molecule has 1 aliphatic heterocycles. The van der Waals surface area contributed by atoms with Gasteiger partial charge in [-0.1, -0.05) is 141 Å². The quantitative estimate of drug-likeness (QED) is 0.175. The molecule has 0 fully saturated rings. The lowest BCUT2D eigenvalue weighted by atomic mass is 9.79. The fourth-order valence-electron chi connectivity index (χ4n) is 9.19. The molecular weight excluding hydrogens is 579 g/mol. The van der Waals surface area contributed by atoms with E-state index >= 15 is 0 Å². The number of aryl methyl sites for hydroxylation is 1. The summed E-state index contributed by atoms with van der Waals surface area (Å²) in [5.41, 5.74) is 15.1. The summed E-state index contributed by atoms with van der Waals surface area (Å²) in [6.45, 7) is 4.80. The highest BCUT2D eigenvalue weighted by atomic mass is 15.2. The second-order valence-corrected chi connectivity index (χ2v) is 14.3. The molecule has 0 aromatic heterocycles. The minimum Gasteiger partial charge on any atom is -0.312 e. The van der Waals surface area contributed by atoms with Gasteiger partial charge < -0.3 is 4.90 Å². The van der Waals surface area contributed by atoms with E-state index in [9.17, 15) is 0 Å². The van der Waals surface area contributed by atoms with Crippen molar-refractivity contribution in [3.63, 3.8) is 0 Å². The molecule has 1 nitrogen and oxygen atoms in total. The highest BCUT2D eigenvalue weighted by Gasteiger charge is 2.37. The van der Waals surface area contributed by atoms with E-state index in [1.165, 1.54) is 93.9 Å². The fraction of sp³-hybridized carbons (Fsp3) is 0.149. The number of anilines is 2. The number of para-hydroxylation sites is 1. The Hall–Kier alpha value is -5.40. The maximum absolute atomic E-state index is 2.65. The largest absolute Gasteiger partial charge is 0.312 e. The predicted molar refractivity (Wildman–Crippen MR) is 204 cm³/mol. The second-order valence-electron chi connectivity index (χ2n) is 14.3. The van der Waals surface area contributed by atoms with Gasteiger partial charge in [0.05, 0.1) is 5.69 Å². The van der Waals surface area contributed by atoms with Crippen molar-refractivity contribution in [1.82, 2.24) is 0 Å². The van der Waals surface area contributed by atoms with Crippen molar-refractivity contribution in [2.45, 2.75) is 44.9 Å². The van der Waals surface area contributed by atoms with Crippen LogP contribution in [0.15, 0.2) is 151 Å². The van der Waals surface area contributed by atoms with Crippen molar-refractivity contribution >= 4 is 43.7 Å². The van der Waals surface area contributed by atoms with E-state index in [1.807, 2.05) is 0 Å². The summed E-state index contributed by atoms with van der Waals surface area (Å²) in [4.78, 5) is 2.65. The van der Waals surface area contributed by atoms with Crippen LogP contribution in [0.2, 0.25) is 0 Å². The number of nitrogens with zero attached hydrogens (tertiary/aromatic N) is 1. The third kappa shape index (κ3) is 3.79. The summed E-state index contributed by atoms with van der Waals surface area (Å²) in [7, 11) is 0. The highest BCUT2D eigenvalue weighted by Crippen LogP contribution is 2.55. The van der Waals surface area contributed by atoms with Crippen molar-refractivity contribution in [3.05, 3.63) is 168 Å². The average molecular weight is 616 g/mol. The molecule has 7 aromatic carbocycles. The summed E-state index contributed by atoms with van der Waals surface area (Å²) in [5, 5.41) is 7.87. The summed E-state index contributed by atoms with van der Waals surface area (Å²) in [6.07, 6.45) is 9.02. The van der Waals surface area contributed by atoms with Gasteiger partial charge in [0, 0.05) is 27.6 Å². The molecule has 0 bridgehead atoms. The van der Waals surface area contributed by atoms with Gasteiger partial charge in [0.15, 0.2) is 0 Å². The fourth-order valence-corrected chi connectivity index (χ4v) is 9.19. The maximum atomic E-state index is 2.65. The van der Waals surface area contributed by atoms with Crippen molar-refractivity contribution in [2.24, 2.45) is 0 Å². The summed E-state index contributed by atoms with van der Waals surface area (Å²) < 4.78 is 0. The molecule has 1 heterocycles. The van der Waals surface area contributed by atoms with Crippen LogP contribution in [0.5, 0.6) is 0 Å². The smallest absolute Gasteiger partial charge is 0.0615 e. The number of rotatable bonds is 2. The van der Waals surface area contributed by atoms with Crippen molar-refractivity contribution in [1.29, 1.82) is 0 Å². The lowest BCUT2D eigenvalue weighted by Gasteiger charge is -2.33. The van der Waals surface area contributed by atoms with Crippen LogP contribution in [0.1, 0.15) is 49.8 Å². The molecule has 0 radical (unpaired) electrons. The van der Waals surface area contributed by atoms with Gasteiger partial charge >= 0.3 is 0 Å². The summed E-state index contributed by atoms with van der Waals surface area (Å²) >= 11 is 0. The third-order valence-corrected chi connectivity index (χ3v) is 11.4. The van der Waals surface area contributed by atoms with Crippen LogP contribution < -0.4 is 4.90 Å². The topological polar surface area (TPSA) is 3.24 Å². The molecule has 3 aliphatic rings. The molecular formula is C47H37N. The Morgan fingerprint density at radius 2 is 1.12 bits per heavy atom. The standard InChI is InChI=1S/C47H37N/c1-47(2)40-24-12-11-23-38(40)45-33-18-6-5-17-32(33)39(29-41(45)47)44-34-19-7-9-21-36(34)46(37-22-10-8-20-35(37)44)48-42-25-13-3-15-30(42)27-28-31-16-4-14-26-43(31)48/h3-13,15-25,29H,14,26-28H2,1-2H3. The maximum Gasteiger partial charge on any atom is 0.0615 e. The Bertz CT molecular complexity index is 2490. The van der Waals surface area contributed by atoms with Crippen LogP contribution >= 0.6 is 0 Å². The van der Waals surface area contributed by atoms with Gasteiger partial charge in [-0.05, 0) is 104 Å². The number of fused-ring (bicyclic) bond motifs is 8. The molecule has 0 unspecified atom stereocenters. The number of hydrogen-bond donors (Lipinski definition) is 0. The molecule has 10 rings (SSSR count). The first-order valence-electron chi connectivity index (χ1n) is 17.5. The highest BCUT2D eigenvalue weighted by molar-refractivity contribution is 6.25. The van der Waals surface area contributed by atoms with Gasteiger partial charge in [-0.15, -0.1) is 0 Å². The van der Waals surface area contributed by atoms with Gasteiger partial charge in [0.2, 0.25) is 0 Å². The first-order chi connectivity index (χ1) is 23.6. The Labute approximate surface area is 282 Å². The van der Waals surface area contributed by atoms with Gasteiger partial charge in [0.1, 0.15) is 0 Å². The normalized spacial score (nSPS) is 16.2. The monoisotopic (exact) mass is 615 g/mol. The Morgan fingerprint density at radius 3 is 1.88 bits per heavy atom. The van der Waals surface area contributed by atoms with Gasteiger partial charge in [-0.25, -0.2) is 0 Å². The van der Waals surface area contributed by atoms with E-state index in [-0.39, 0.29) is 5.41 Å². The molecule has 0 spiro atoms. The second kappa shape index (κ2) is 10.3. The van der Waals surface area contributed by atoms with E-state index in [4.69, 9.17) is 0 Å². The lowest BCUT2D eigenvalue weighted by molar-refractivity contribution is 0.661. The zero-order valence-corrected chi connectivity index (χ0v) is 27.6. The number of allylic oxidation sites excluding steroid dienone is 4. The van der Waals surface area contributed by atoms with Crippen molar-refractivity contribution in [3.8, 4) is 22.3 Å². The summed E-state index contributed by atoms with van der Waals surface area (Å²) in [5.74, 6) is 0. The molecule has 48 heavy (non-hydrogen) atoms. The molecule has 2 aliphatic carbocycles. The molecule has 230 valence electrons. The van der Waals surface area contributed by atoms with Crippen LogP contribution in [0.4, 0.5) is 11.4 Å². The first-order valence-corrected chi connectivity index (χ1v) is 17.5. The van der Waals surface area contributed by atoms with Gasteiger partial charge in [0.25, 0.3) is 0 Å². The zero-order valence-electron chi connectivity index (χ0n) is 27.6. The molecule has 0 saturated carbocycles. The molecule has 0 amide bonds. The lowest BCUT2D eigenvalue weighted by Crippen LogP contribution is -2.20. The van der Waals surface area contributed by atoms with Crippen LogP contribution in [0, 0.1) is 0 Å². The molecule has 7 aromatic rings. The first kappa shape index (κ1) is 27.7. The predicted octanol–water partition coefficient (Wildman–Crippen LogP) is 12.8.